The van der Waals surface area contributed by atoms with E-state index in [-0.39, 0.29) is 18.2 Å². The molecule has 0 saturated carbocycles. The zero-order chi connectivity index (χ0) is 15.4. The Balaban J connectivity index is 1.61. The van der Waals surface area contributed by atoms with Crippen molar-refractivity contribution in [2.24, 2.45) is 0 Å². The molecule has 0 bridgehead atoms. The highest BCUT2D eigenvalue weighted by Crippen LogP contribution is 2.16. The average molecular weight is 315 g/mol. The van der Waals surface area contributed by atoms with Crippen LogP contribution in [0.2, 0.25) is 0 Å². The van der Waals surface area contributed by atoms with Gasteiger partial charge in [0.25, 0.3) is 0 Å². The number of nitrogens with zero attached hydrogens (tertiary/aromatic N) is 1. The van der Waals surface area contributed by atoms with E-state index >= 15 is 0 Å². The summed E-state index contributed by atoms with van der Waals surface area (Å²) in [6.45, 7) is -0.0184. The van der Waals surface area contributed by atoms with E-state index in [9.17, 15) is 9.59 Å². The van der Waals surface area contributed by atoms with Gasteiger partial charge in [0.1, 0.15) is 6.61 Å². The summed E-state index contributed by atoms with van der Waals surface area (Å²) in [5, 5.41) is 0. The number of rotatable bonds is 4. The number of hydrogen-bond donors (Lipinski definition) is 0. The third-order valence-electron chi connectivity index (χ3n) is 3.08. The molecule has 112 valence electrons. The summed E-state index contributed by atoms with van der Waals surface area (Å²) < 4.78 is 12.3. The number of para-hydroxylation sites is 1. The Bertz CT molecular complexity index is 838. The first-order valence-electron chi connectivity index (χ1n) is 6.66. The average Bonchev–Trinajstić information content (AvgIpc) is 2.87. The van der Waals surface area contributed by atoms with Crippen molar-refractivity contribution in [2.45, 2.75) is 13.3 Å². The number of carbonyl (C=O) groups excluding carboxylic acids is 1. The van der Waals surface area contributed by atoms with Crippen LogP contribution >= 0.6 is 11.3 Å². The van der Waals surface area contributed by atoms with Crippen LogP contribution in [-0.4, -0.2) is 10.7 Å². The Hall–Kier alpha value is -2.60. The van der Waals surface area contributed by atoms with Crippen LogP contribution in [0.15, 0.2) is 59.4 Å². The highest BCUT2D eigenvalue weighted by molar-refractivity contribution is 7.16. The monoisotopic (exact) mass is 315 g/mol. The van der Waals surface area contributed by atoms with Gasteiger partial charge < -0.3 is 9.47 Å². The molecule has 0 aliphatic heterocycles. The fourth-order valence-electron chi connectivity index (χ4n) is 2.01. The van der Waals surface area contributed by atoms with Gasteiger partial charge in [0.15, 0.2) is 6.73 Å². The lowest BCUT2D eigenvalue weighted by Gasteiger charge is -2.07. The van der Waals surface area contributed by atoms with Gasteiger partial charge in [0.2, 0.25) is 0 Å². The van der Waals surface area contributed by atoms with Gasteiger partial charge in [-0.2, -0.15) is 0 Å². The molecule has 5 nitrogen and oxygen atoms in total. The van der Waals surface area contributed by atoms with E-state index < -0.39 is 6.16 Å². The van der Waals surface area contributed by atoms with Crippen LogP contribution in [-0.2, 0) is 22.8 Å². The Morgan fingerprint density at radius 3 is 2.55 bits per heavy atom. The molecule has 3 rings (SSSR count). The summed E-state index contributed by atoms with van der Waals surface area (Å²) in [6.07, 6.45) is -0.800. The van der Waals surface area contributed by atoms with Crippen molar-refractivity contribution in [3.05, 3.63) is 69.8 Å². The Labute approximate surface area is 130 Å². The third kappa shape index (κ3) is 3.17. The van der Waals surface area contributed by atoms with Gasteiger partial charge in [-0.1, -0.05) is 53.8 Å². The molecule has 0 atom stereocenters. The molecule has 0 fully saturated rings. The molecule has 0 N–H and O–H groups in total. The van der Waals surface area contributed by atoms with Gasteiger partial charge in [0, 0.05) is 0 Å². The first-order valence-corrected chi connectivity index (χ1v) is 7.47. The minimum Gasteiger partial charge on any atom is -0.429 e. The number of ether oxygens (including phenoxy) is 2. The summed E-state index contributed by atoms with van der Waals surface area (Å²) in [5.74, 6) is 0. The van der Waals surface area contributed by atoms with E-state index in [0.29, 0.717) is 0 Å². The third-order valence-corrected chi connectivity index (χ3v) is 4.04. The second kappa shape index (κ2) is 6.44. The van der Waals surface area contributed by atoms with E-state index in [2.05, 4.69) is 0 Å². The molecule has 0 saturated heterocycles. The Morgan fingerprint density at radius 2 is 1.73 bits per heavy atom. The van der Waals surface area contributed by atoms with Crippen molar-refractivity contribution in [3.8, 4) is 0 Å². The summed E-state index contributed by atoms with van der Waals surface area (Å²) in [5.41, 5.74) is 1.62. The van der Waals surface area contributed by atoms with Crippen molar-refractivity contribution in [1.29, 1.82) is 0 Å². The number of carbonyl (C=O) groups is 1. The fourth-order valence-corrected chi connectivity index (χ4v) is 2.89. The maximum Gasteiger partial charge on any atom is 0.510 e. The van der Waals surface area contributed by atoms with Crippen molar-refractivity contribution < 1.29 is 14.3 Å². The lowest BCUT2D eigenvalue weighted by molar-refractivity contribution is 0.0296. The Morgan fingerprint density at radius 1 is 1.00 bits per heavy atom. The summed E-state index contributed by atoms with van der Waals surface area (Å²) in [7, 11) is 0. The van der Waals surface area contributed by atoms with Gasteiger partial charge in [0.05, 0.1) is 10.2 Å². The highest BCUT2D eigenvalue weighted by Gasteiger charge is 2.10. The number of thiazole rings is 1. The highest BCUT2D eigenvalue weighted by atomic mass is 32.1. The zero-order valence-electron chi connectivity index (χ0n) is 11.6. The van der Waals surface area contributed by atoms with Crippen LogP contribution in [0.5, 0.6) is 0 Å². The maximum absolute atomic E-state index is 11.9. The molecule has 1 aromatic heterocycles. The molecular formula is C16H13NO4S. The molecule has 1 heterocycles. The molecular weight excluding hydrogens is 302 g/mol. The number of aromatic nitrogens is 1. The smallest absolute Gasteiger partial charge is 0.429 e. The van der Waals surface area contributed by atoms with Gasteiger partial charge in [-0.05, 0) is 17.7 Å². The standard InChI is InChI=1S/C16H13NO4S/c18-15-17(13-8-4-5-9-14(13)22-15)11-21-16(19)20-10-12-6-2-1-3-7-12/h1-9H,10-11H2. The van der Waals surface area contributed by atoms with Crippen LogP contribution < -0.4 is 4.87 Å². The van der Waals surface area contributed by atoms with Crippen LogP contribution in [0.4, 0.5) is 4.79 Å². The van der Waals surface area contributed by atoms with Gasteiger partial charge in [-0.25, -0.2) is 4.79 Å². The van der Waals surface area contributed by atoms with Gasteiger partial charge in [-0.15, -0.1) is 0 Å². The molecule has 0 unspecified atom stereocenters. The van der Waals surface area contributed by atoms with Crippen molar-refractivity contribution in [1.82, 2.24) is 4.57 Å². The molecule has 6 heteroatoms. The fraction of sp³-hybridized carbons (Fsp3) is 0.125. The molecule has 3 aromatic rings. The quantitative estimate of drug-likeness (QED) is 0.693. The summed E-state index contributed by atoms with van der Waals surface area (Å²) in [6, 6.07) is 16.7. The topological polar surface area (TPSA) is 57.5 Å². The van der Waals surface area contributed by atoms with Gasteiger partial charge in [-0.3, -0.25) is 9.36 Å². The first kappa shape index (κ1) is 14.3. The van der Waals surface area contributed by atoms with Crippen LogP contribution in [0.1, 0.15) is 5.56 Å². The number of fused-ring (bicyclic) bond motifs is 1. The first-order chi connectivity index (χ1) is 10.7. The van der Waals surface area contributed by atoms with Crippen molar-refractivity contribution >= 4 is 27.7 Å². The molecule has 22 heavy (non-hydrogen) atoms. The normalized spacial score (nSPS) is 10.5. The zero-order valence-corrected chi connectivity index (χ0v) is 12.4. The summed E-state index contributed by atoms with van der Waals surface area (Å²) >= 11 is 1.12. The summed E-state index contributed by atoms with van der Waals surface area (Å²) in [4.78, 5) is 23.3. The second-order valence-corrected chi connectivity index (χ2v) is 5.55. The number of benzene rings is 2. The predicted molar refractivity (Wildman–Crippen MR) is 83.8 cm³/mol. The second-order valence-electron chi connectivity index (χ2n) is 4.56. The molecule has 0 aliphatic rings. The van der Waals surface area contributed by atoms with Crippen molar-refractivity contribution in [2.75, 3.05) is 0 Å². The van der Waals surface area contributed by atoms with E-state index in [1.807, 2.05) is 54.6 Å². The lowest BCUT2D eigenvalue weighted by atomic mass is 10.2. The van der Waals surface area contributed by atoms with E-state index in [4.69, 9.17) is 9.47 Å². The maximum atomic E-state index is 11.9. The SMILES string of the molecule is O=C(OCc1ccccc1)OCn1c(=O)sc2ccccc21. The minimum atomic E-state index is -0.800. The predicted octanol–water partition coefficient (Wildman–Crippen LogP) is 3.37. The largest absolute Gasteiger partial charge is 0.510 e. The van der Waals surface area contributed by atoms with Crippen molar-refractivity contribution in [3.63, 3.8) is 0 Å². The van der Waals surface area contributed by atoms with Gasteiger partial charge >= 0.3 is 11.0 Å². The molecule has 0 spiro atoms. The Kier molecular flexibility index (Phi) is 4.20. The van der Waals surface area contributed by atoms with E-state index in [1.165, 1.54) is 4.57 Å². The van der Waals surface area contributed by atoms with Crippen LogP contribution in [0.3, 0.4) is 0 Å². The minimum absolute atomic E-state index is 0.138. The van der Waals surface area contributed by atoms with Crippen LogP contribution in [0.25, 0.3) is 10.2 Å². The van der Waals surface area contributed by atoms with E-state index in [0.717, 1.165) is 27.1 Å². The van der Waals surface area contributed by atoms with E-state index in [1.54, 1.807) is 0 Å². The molecule has 0 radical (unpaired) electrons. The molecule has 2 aromatic carbocycles. The van der Waals surface area contributed by atoms with Crippen LogP contribution in [0, 0.1) is 0 Å². The number of hydrogen-bond acceptors (Lipinski definition) is 5. The molecule has 0 aliphatic carbocycles. The molecule has 0 amide bonds. The lowest BCUT2D eigenvalue weighted by Crippen LogP contribution is -2.18.